The number of rotatable bonds is 6. The number of amides is 1. The highest BCUT2D eigenvalue weighted by molar-refractivity contribution is 5.92. The molecule has 2 aromatic heterocycles. The molecular weight excluding hydrogens is 376 g/mol. The Morgan fingerprint density at radius 1 is 1.07 bits per heavy atom. The number of carbonyl (C=O) groups is 1. The van der Waals surface area contributed by atoms with Gasteiger partial charge in [0.1, 0.15) is 5.69 Å². The molecule has 6 nitrogen and oxygen atoms in total. The van der Waals surface area contributed by atoms with E-state index in [0.717, 1.165) is 22.0 Å². The Hall–Kier alpha value is -3.80. The van der Waals surface area contributed by atoms with Crippen LogP contribution >= 0.6 is 0 Å². The minimum absolute atomic E-state index is 0.187. The Labute approximate surface area is 174 Å². The molecule has 4 rings (SSSR count). The average Bonchev–Trinajstić information content (AvgIpc) is 2.78. The van der Waals surface area contributed by atoms with Crippen LogP contribution in [0.25, 0.3) is 10.9 Å². The number of hydrogen-bond acceptors (Lipinski definition) is 4. The number of aryl methyl sites for hydroxylation is 1. The van der Waals surface area contributed by atoms with Gasteiger partial charge >= 0.3 is 0 Å². The van der Waals surface area contributed by atoms with E-state index >= 15 is 0 Å². The number of nitrogens with zero attached hydrogens (tertiary/aromatic N) is 3. The van der Waals surface area contributed by atoms with Gasteiger partial charge in [0.15, 0.2) is 0 Å². The SMILES string of the molecule is Cc1cccc2cc(CN(CCc3ccccc3)C(=O)c3cnccn3)c(=O)[nH]c12. The van der Waals surface area contributed by atoms with E-state index in [1.165, 1.54) is 18.6 Å². The molecular formula is C24H22N4O2. The number of nitrogens with one attached hydrogen (secondary N) is 1. The largest absolute Gasteiger partial charge is 0.332 e. The van der Waals surface area contributed by atoms with E-state index in [0.29, 0.717) is 18.5 Å². The van der Waals surface area contributed by atoms with E-state index in [4.69, 9.17) is 0 Å². The van der Waals surface area contributed by atoms with Crippen molar-refractivity contribution in [3.63, 3.8) is 0 Å². The van der Waals surface area contributed by atoms with Crippen LogP contribution in [0.3, 0.4) is 0 Å². The predicted molar refractivity (Wildman–Crippen MR) is 116 cm³/mol. The van der Waals surface area contributed by atoms with Crippen molar-refractivity contribution in [3.05, 3.63) is 106 Å². The lowest BCUT2D eigenvalue weighted by Gasteiger charge is -2.22. The predicted octanol–water partition coefficient (Wildman–Crippen LogP) is 3.51. The smallest absolute Gasteiger partial charge is 0.274 e. The van der Waals surface area contributed by atoms with Crippen molar-refractivity contribution in [2.45, 2.75) is 19.9 Å². The molecule has 0 fully saturated rings. The van der Waals surface area contributed by atoms with Gasteiger partial charge in [-0.05, 0) is 35.9 Å². The summed E-state index contributed by atoms with van der Waals surface area (Å²) >= 11 is 0. The van der Waals surface area contributed by atoms with Crippen LogP contribution in [0.15, 0.2) is 78.0 Å². The zero-order valence-electron chi connectivity index (χ0n) is 16.7. The lowest BCUT2D eigenvalue weighted by atomic mass is 10.1. The highest BCUT2D eigenvalue weighted by Crippen LogP contribution is 2.16. The van der Waals surface area contributed by atoms with Gasteiger partial charge in [0, 0.05) is 24.5 Å². The molecule has 0 aliphatic rings. The van der Waals surface area contributed by atoms with Crippen molar-refractivity contribution in [1.29, 1.82) is 0 Å². The summed E-state index contributed by atoms with van der Waals surface area (Å²) in [6, 6.07) is 17.7. The maximum Gasteiger partial charge on any atom is 0.274 e. The summed E-state index contributed by atoms with van der Waals surface area (Å²) in [6.07, 6.45) is 5.15. The summed E-state index contributed by atoms with van der Waals surface area (Å²) in [5.74, 6) is -0.247. The van der Waals surface area contributed by atoms with Crippen LogP contribution in [0.4, 0.5) is 0 Å². The van der Waals surface area contributed by atoms with Crippen LogP contribution in [0.2, 0.25) is 0 Å². The maximum atomic E-state index is 13.1. The van der Waals surface area contributed by atoms with Gasteiger partial charge in [-0.1, -0.05) is 48.5 Å². The summed E-state index contributed by atoms with van der Waals surface area (Å²) < 4.78 is 0. The van der Waals surface area contributed by atoms with Gasteiger partial charge in [-0.15, -0.1) is 0 Å². The second-order valence-electron chi connectivity index (χ2n) is 7.22. The number of pyridine rings is 1. The average molecular weight is 398 g/mol. The lowest BCUT2D eigenvalue weighted by molar-refractivity contribution is 0.0738. The molecule has 0 bridgehead atoms. The monoisotopic (exact) mass is 398 g/mol. The maximum absolute atomic E-state index is 13.1. The molecule has 2 aromatic carbocycles. The standard InChI is InChI=1S/C24H22N4O2/c1-17-6-5-9-19-14-20(23(29)27-22(17)19)16-28(13-10-18-7-3-2-4-8-18)24(30)21-15-25-11-12-26-21/h2-9,11-12,14-15H,10,13,16H2,1H3,(H,27,29). The molecule has 0 aliphatic carbocycles. The third kappa shape index (κ3) is 4.27. The summed E-state index contributed by atoms with van der Waals surface area (Å²) in [5.41, 5.74) is 3.57. The topological polar surface area (TPSA) is 79.0 Å². The number of hydrogen-bond donors (Lipinski definition) is 1. The number of para-hydroxylation sites is 1. The van der Waals surface area contributed by atoms with Gasteiger partial charge in [0.05, 0.1) is 18.3 Å². The van der Waals surface area contributed by atoms with E-state index in [9.17, 15) is 9.59 Å². The normalized spacial score (nSPS) is 10.8. The Morgan fingerprint density at radius 3 is 2.67 bits per heavy atom. The van der Waals surface area contributed by atoms with Crippen LogP contribution < -0.4 is 5.56 Å². The highest BCUT2D eigenvalue weighted by Gasteiger charge is 2.19. The Balaban J connectivity index is 1.65. The quantitative estimate of drug-likeness (QED) is 0.539. The van der Waals surface area contributed by atoms with Gasteiger partial charge in [-0.3, -0.25) is 14.6 Å². The van der Waals surface area contributed by atoms with Crippen LogP contribution in [0.5, 0.6) is 0 Å². The first kappa shape index (κ1) is 19.5. The zero-order chi connectivity index (χ0) is 20.9. The third-order valence-electron chi connectivity index (χ3n) is 5.11. The van der Waals surface area contributed by atoms with Gasteiger partial charge in [0.2, 0.25) is 0 Å². The van der Waals surface area contributed by atoms with Crippen LogP contribution in [-0.2, 0) is 13.0 Å². The van der Waals surface area contributed by atoms with Crippen LogP contribution in [-0.4, -0.2) is 32.3 Å². The molecule has 1 amide bonds. The zero-order valence-corrected chi connectivity index (χ0v) is 16.7. The van der Waals surface area contributed by atoms with Gasteiger partial charge in [-0.25, -0.2) is 4.98 Å². The Kier molecular flexibility index (Phi) is 5.66. The summed E-state index contributed by atoms with van der Waals surface area (Å²) in [4.78, 5) is 38.6. The minimum atomic E-state index is -0.247. The first-order chi connectivity index (χ1) is 14.6. The fourth-order valence-electron chi connectivity index (χ4n) is 3.48. The fourth-order valence-corrected chi connectivity index (χ4v) is 3.48. The first-order valence-corrected chi connectivity index (χ1v) is 9.82. The van der Waals surface area contributed by atoms with E-state index in [-0.39, 0.29) is 23.7 Å². The third-order valence-corrected chi connectivity index (χ3v) is 5.11. The van der Waals surface area contributed by atoms with Crippen molar-refractivity contribution >= 4 is 16.8 Å². The van der Waals surface area contributed by atoms with E-state index in [1.54, 1.807) is 4.90 Å². The number of carbonyl (C=O) groups excluding carboxylic acids is 1. The second-order valence-corrected chi connectivity index (χ2v) is 7.22. The van der Waals surface area contributed by atoms with Crippen LogP contribution in [0.1, 0.15) is 27.2 Å². The van der Waals surface area contributed by atoms with E-state index in [2.05, 4.69) is 15.0 Å². The summed E-state index contributed by atoms with van der Waals surface area (Å²) in [7, 11) is 0. The molecule has 2 heterocycles. The van der Waals surface area contributed by atoms with Crippen molar-refractivity contribution < 1.29 is 4.79 Å². The number of fused-ring (bicyclic) bond motifs is 1. The van der Waals surface area contributed by atoms with Gasteiger partial charge in [-0.2, -0.15) is 0 Å². The molecule has 0 saturated heterocycles. The molecule has 0 radical (unpaired) electrons. The number of benzene rings is 2. The molecule has 0 aliphatic heterocycles. The first-order valence-electron chi connectivity index (χ1n) is 9.82. The number of H-pyrrole nitrogens is 1. The van der Waals surface area contributed by atoms with E-state index in [1.807, 2.05) is 61.5 Å². The molecule has 150 valence electrons. The Morgan fingerprint density at radius 2 is 1.90 bits per heavy atom. The molecule has 1 N–H and O–H groups in total. The molecule has 0 saturated carbocycles. The molecule has 30 heavy (non-hydrogen) atoms. The highest BCUT2D eigenvalue weighted by atomic mass is 16.2. The molecule has 6 heteroatoms. The summed E-state index contributed by atoms with van der Waals surface area (Å²) in [5, 5.41) is 0.944. The lowest BCUT2D eigenvalue weighted by Crippen LogP contribution is -2.35. The van der Waals surface area contributed by atoms with Crippen molar-refractivity contribution in [2.75, 3.05) is 6.54 Å². The van der Waals surface area contributed by atoms with Crippen molar-refractivity contribution in [1.82, 2.24) is 19.9 Å². The second kappa shape index (κ2) is 8.69. The number of aromatic amines is 1. The van der Waals surface area contributed by atoms with E-state index < -0.39 is 0 Å². The van der Waals surface area contributed by atoms with Crippen molar-refractivity contribution in [3.8, 4) is 0 Å². The number of aromatic nitrogens is 3. The van der Waals surface area contributed by atoms with Crippen LogP contribution in [0, 0.1) is 6.92 Å². The molecule has 0 unspecified atom stereocenters. The molecule has 4 aromatic rings. The summed E-state index contributed by atoms with van der Waals surface area (Å²) in [6.45, 7) is 2.62. The van der Waals surface area contributed by atoms with Gasteiger partial charge < -0.3 is 9.88 Å². The molecule has 0 spiro atoms. The van der Waals surface area contributed by atoms with Crippen molar-refractivity contribution in [2.24, 2.45) is 0 Å². The fraction of sp³-hybridized carbons (Fsp3) is 0.167. The Bertz CT molecular complexity index is 1220. The molecule has 0 atom stereocenters. The minimum Gasteiger partial charge on any atom is -0.332 e. The van der Waals surface area contributed by atoms with Gasteiger partial charge in [0.25, 0.3) is 11.5 Å².